The molecule has 0 N–H and O–H groups in total. The summed E-state index contributed by atoms with van der Waals surface area (Å²) in [6.07, 6.45) is 10.9. The third kappa shape index (κ3) is 112. The SMILES string of the molecule is F[B-](F)(F)F.F[B-](F)(F)F.[CH2]CCCCCCCCC. The van der Waals surface area contributed by atoms with Gasteiger partial charge in [-0.05, 0) is 0 Å². The van der Waals surface area contributed by atoms with Crippen molar-refractivity contribution in [3.8, 4) is 0 Å². The molecule has 0 rings (SSSR count). The smallest absolute Gasteiger partial charge is 0.418 e. The van der Waals surface area contributed by atoms with Crippen LogP contribution in [-0.4, -0.2) is 14.5 Å². The second-order valence-electron chi connectivity index (χ2n) is 3.96. The van der Waals surface area contributed by atoms with Crippen molar-refractivity contribution in [2.24, 2.45) is 0 Å². The Morgan fingerprint density at radius 3 is 1.10 bits per heavy atom. The van der Waals surface area contributed by atoms with Gasteiger partial charge >= 0.3 is 14.5 Å². The fourth-order valence-corrected chi connectivity index (χ4v) is 1.13. The molecule has 0 aromatic heterocycles. The minimum atomic E-state index is -6.00. The topological polar surface area (TPSA) is 0 Å². The molecule has 0 saturated carbocycles. The Bertz CT molecular complexity index is 149. The van der Waals surface area contributed by atoms with E-state index >= 15 is 0 Å². The lowest BCUT2D eigenvalue weighted by atomic mass is 10.1. The molecule has 0 saturated heterocycles. The molecule has 10 heteroatoms. The highest BCUT2D eigenvalue weighted by molar-refractivity contribution is 6.50. The molecule has 0 aliphatic heterocycles. The quantitative estimate of drug-likeness (QED) is 0.283. The van der Waals surface area contributed by atoms with E-state index in [1.807, 2.05) is 0 Å². The molecular weight excluding hydrogens is 294 g/mol. The Balaban J connectivity index is -0.000000244. The van der Waals surface area contributed by atoms with Gasteiger partial charge in [0.15, 0.2) is 0 Å². The molecule has 0 amide bonds. The maximum atomic E-state index is 9.75. The molecule has 0 aliphatic carbocycles. The lowest BCUT2D eigenvalue weighted by Crippen LogP contribution is -2.02. The summed E-state index contributed by atoms with van der Waals surface area (Å²) < 4.78 is 78.0. The van der Waals surface area contributed by atoms with Crippen LogP contribution in [0.3, 0.4) is 0 Å². The van der Waals surface area contributed by atoms with Gasteiger partial charge in [-0.1, -0.05) is 65.2 Å². The van der Waals surface area contributed by atoms with E-state index < -0.39 is 14.5 Å². The van der Waals surface area contributed by atoms with Crippen LogP contribution in [0.25, 0.3) is 0 Å². The van der Waals surface area contributed by atoms with Gasteiger partial charge in [0.2, 0.25) is 0 Å². The summed E-state index contributed by atoms with van der Waals surface area (Å²) in [5.41, 5.74) is 0. The Kier molecular flexibility index (Phi) is 18.4. The minimum Gasteiger partial charge on any atom is -0.418 e. The first-order chi connectivity index (χ1) is 8.91. The molecule has 0 fully saturated rings. The highest BCUT2D eigenvalue weighted by atomic mass is 19.5. The average molecular weight is 315 g/mol. The van der Waals surface area contributed by atoms with Crippen LogP contribution in [-0.2, 0) is 0 Å². The molecule has 20 heavy (non-hydrogen) atoms. The molecule has 0 aliphatic rings. The average Bonchev–Trinajstić information content (AvgIpc) is 2.18. The first-order valence-corrected chi connectivity index (χ1v) is 6.45. The van der Waals surface area contributed by atoms with Gasteiger partial charge in [0.05, 0.1) is 0 Å². The molecule has 0 unspecified atom stereocenters. The van der Waals surface area contributed by atoms with Crippen LogP contribution >= 0.6 is 0 Å². The third-order valence-electron chi connectivity index (χ3n) is 1.85. The maximum absolute atomic E-state index is 9.75. The summed E-state index contributed by atoms with van der Waals surface area (Å²) in [7, 11) is -12.0. The summed E-state index contributed by atoms with van der Waals surface area (Å²) in [5, 5.41) is 0. The highest BCUT2D eigenvalue weighted by Gasteiger charge is 2.21. The summed E-state index contributed by atoms with van der Waals surface area (Å²) in [6, 6.07) is 0. The van der Waals surface area contributed by atoms with Crippen LogP contribution in [0, 0.1) is 6.92 Å². The Morgan fingerprint density at radius 1 is 0.600 bits per heavy atom. The van der Waals surface area contributed by atoms with E-state index in [0.29, 0.717) is 0 Å². The fraction of sp³-hybridized carbons (Fsp3) is 0.900. The van der Waals surface area contributed by atoms with E-state index in [0.717, 1.165) is 6.42 Å². The molecule has 0 heterocycles. The third-order valence-corrected chi connectivity index (χ3v) is 1.85. The standard InChI is InChI=1S/C10H21.2BF4/c1-3-5-7-9-10-8-6-4-2;2*2-1(3,4)5/h1,3-10H2,2H3;;/q;2*-1. The van der Waals surface area contributed by atoms with Gasteiger partial charge in [0.25, 0.3) is 0 Å². The maximum Gasteiger partial charge on any atom is 0.673 e. The van der Waals surface area contributed by atoms with Gasteiger partial charge in [0.1, 0.15) is 0 Å². The number of hydrogen-bond donors (Lipinski definition) is 0. The van der Waals surface area contributed by atoms with Crippen LogP contribution in [0.15, 0.2) is 0 Å². The van der Waals surface area contributed by atoms with Crippen molar-refractivity contribution < 1.29 is 34.5 Å². The molecule has 1 radical (unpaired) electrons. The Labute approximate surface area is 115 Å². The van der Waals surface area contributed by atoms with E-state index in [2.05, 4.69) is 13.8 Å². The molecule has 0 bridgehead atoms. The second kappa shape index (κ2) is 15.0. The number of unbranched alkanes of at least 4 members (excludes halogenated alkanes) is 7. The molecular formula is C10H21B2F8-2. The van der Waals surface area contributed by atoms with Crippen molar-refractivity contribution in [1.29, 1.82) is 0 Å². The zero-order valence-electron chi connectivity index (χ0n) is 11.5. The van der Waals surface area contributed by atoms with Gasteiger partial charge in [-0.3, -0.25) is 0 Å². The molecule has 0 aromatic carbocycles. The lowest BCUT2D eigenvalue weighted by molar-refractivity contribution is 0.366. The monoisotopic (exact) mass is 315 g/mol. The first kappa shape index (κ1) is 24.6. The van der Waals surface area contributed by atoms with Crippen molar-refractivity contribution in [2.75, 3.05) is 0 Å². The van der Waals surface area contributed by atoms with Crippen molar-refractivity contribution >= 4 is 14.5 Å². The van der Waals surface area contributed by atoms with E-state index in [-0.39, 0.29) is 0 Å². The van der Waals surface area contributed by atoms with Gasteiger partial charge in [-0.25, -0.2) is 0 Å². The largest absolute Gasteiger partial charge is 0.673 e. The summed E-state index contributed by atoms with van der Waals surface area (Å²) in [4.78, 5) is 0. The molecule has 0 atom stereocenters. The van der Waals surface area contributed by atoms with Crippen molar-refractivity contribution in [3.05, 3.63) is 6.92 Å². The lowest BCUT2D eigenvalue weighted by Gasteiger charge is -1.97. The normalized spacial score (nSPS) is 11.1. The minimum absolute atomic E-state index is 1.12. The van der Waals surface area contributed by atoms with Crippen molar-refractivity contribution in [1.82, 2.24) is 0 Å². The van der Waals surface area contributed by atoms with Crippen LogP contribution in [0.5, 0.6) is 0 Å². The fourth-order valence-electron chi connectivity index (χ4n) is 1.13. The number of rotatable bonds is 7. The van der Waals surface area contributed by atoms with E-state index in [1.165, 1.54) is 44.9 Å². The van der Waals surface area contributed by atoms with E-state index in [1.54, 1.807) is 0 Å². The van der Waals surface area contributed by atoms with Crippen LogP contribution in [0.1, 0.15) is 58.3 Å². The van der Waals surface area contributed by atoms with E-state index in [4.69, 9.17) is 0 Å². The van der Waals surface area contributed by atoms with Gasteiger partial charge in [0, 0.05) is 0 Å². The molecule has 125 valence electrons. The first-order valence-electron chi connectivity index (χ1n) is 6.45. The second-order valence-corrected chi connectivity index (χ2v) is 3.96. The molecule has 0 aromatic rings. The van der Waals surface area contributed by atoms with Crippen LogP contribution in [0.2, 0.25) is 0 Å². The van der Waals surface area contributed by atoms with Crippen molar-refractivity contribution in [3.63, 3.8) is 0 Å². The zero-order chi connectivity index (χ0) is 16.7. The van der Waals surface area contributed by atoms with Crippen LogP contribution < -0.4 is 0 Å². The Morgan fingerprint density at radius 2 is 0.850 bits per heavy atom. The van der Waals surface area contributed by atoms with Gasteiger partial charge in [-0.15, -0.1) is 0 Å². The summed E-state index contributed by atoms with van der Waals surface area (Å²) in [6.45, 7) is 6.08. The highest BCUT2D eigenvalue weighted by Crippen LogP contribution is 2.08. The Hall–Kier alpha value is -0.430. The number of hydrogen-bond acceptors (Lipinski definition) is 0. The summed E-state index contributed by atoms with van der Waals surface area (Å²) in [5.74, 6) is 0. The predicted molar refractivity (Wildman–Crippen MR) is 68.3 cm³/mol. The molecule has 0 nitrogen and oxygen atoms in total. The summed E-state index contributed by atoms with van der Waals surface area (Å²) >= 11 is 0. The zero-order valence-corrected chi connectivity index (χ0v) is 11.5. The van der Waals surface area contributed by atoms with Crippen LogP contribution in [0.4, 0.5) is 34.5 Å². The molecule has 0 spiro atoms. The van der Waals surface area contributed by atoms with Gasteiger partial charge < -0.3 is 34.5 Å². The number of halogens is 8. The van der Waals surface area contributed by atoms with Gasteiger partial charge in [-0.2, -0.15) is 0 Å². The predicted octanol–water partition coefficient (Wildman–Crippen LogP) is 6.56. The van der Waals surface area contributed by atoms with Crippen molar-refractivity contribution in [2.45, 2.75) is 58.3 Å². The van der Waals surface area contributed by atoms with E-state index in [9.17, 15) is 34.5 Å².